The summed E-state index contributed by atoms with van der Waals surface area (Å²) in [5.74, 6) is 2.81. The maximum atomic E-state index is 4.39. The van der Waals surface area contributed by atoms with Crippen molar-refractivity contribution in [3.63, 3.8) is 0 Å². The molecule has 5 heteroatoms. The van der Waals surface area contributed by atoms with Gasteiger partial charge in [0.05, 0.1) is 0 Å². The maximum absolute atomic E-state index is 4.39. The van der Waals surface area contributed by atoms with Crippen LogP contribution in [0, 0.1) is 12.8 Å². The highest BCUT2D eigenvalue weighted by Gasteiger charge is 2.14. The Labute approximate surface area is 94.8 Å². The number of hydrogen-bond acceptors (Lipinski definition) is 4. The quantitative estimate of drug-likeness (QED) is 0.787. The number of aryl methyl sites for hydroxylation is 2. The fourth-order valence-electron chi connectivity index (χ4n) is 1.88. The van der Waals surface area contributed by atoms with Crippen molar-refractivity contribution in [1.82, 2.24) is 20.1 Å². The molecule has 1 N–H and O–H groups in total. The third-order valence-corrected chi connectivity index (χ3v) is 3.93. The second-order valence-corrected chi connectivity index (χ2v) is 5.08. The third-order valence-electron chi connectivity index (χ3n) is 2.68. The minimum absolute atomic E-state index is 0.792. The summed E-state index contributed by atoms with van der Waals surface area (Å²) in [6, 6.07) is 0. The molecule has 1 fully saturated rings. The Morgan fingerprint density at radius 3 is 3.07 bits per heavy atom. The summed E-state index contributed by atoms with van der Waals surface area (Å²) in [5, 5.41) is 8.72. The van der Waals surface area contributed by atoms with E-state index in [-0.39, 0.29) is 0 Å². The Balaban J connectivity index is 1.84. The zero-order valence-corrected chi connectivity index (χ0v) is 10.2. The van der Waals surface area contributed by atoms with Gasteiger partial charge in [0, 0.05) is 12.8 Å². The van der Waals surface area contributed by atoms with Gasteiger partial charge < -0.3 is 5.32 Å². The predicted molar refractivity (Wildman–Crippen MR) is 62.1 cm³/mol. The van der Waals surface area contributed by atoms with E-state index in [0.717, 1.165) is 29.2 Å². The minimum atomic E-state index is 0.792. The van der Waals surface area contributed by atoms with Crippen LogP contribution in [0.1, 0.15) is 18.7 Å². The second-order valence-electron chi connectivity index (χ2n) is 4.09. The summed E-state index contributed by atoms with van der Waals surface area (Å²) < 4.78 is 1.87. The van der Waals surface area contributed by atoms with Crippen LogP contribution < -0.4 is 5.32 Å². The summed E-state index contributed by atoms with van der Waals surface area (Å²) in [5.41, 5.74) is 0. The monoisotopic (exact) mass is 226 g/mol. The number of thioether (sulfide) groups is 1. The molecule has 1 aromatic heterocycles. The van der Waals surface area contributed by atoms with Crippen molar-refractivity contribution < 1.29 is 0 Å². The molecule has 1 aromatic rings. The summed E-state index contributed by atoms with van der Waals surface area (Å²) in [6.45, 7) is 4.28. The molecule has 0 aromatic carbocycles. The van der Waals surface area contributed by atoms with Crippen LogP contribution in [0.3, 0.4) is 0 Å². The van der Waals surface area contributed by atoms with Crippen molar-refractivity contribution in [3.8, 4) is 0 Å². The van der Waals surface area contributed by atoms with Gasteiger partial charge in [-0.05, 0) is 38.8 Å². The molecule has 1 unspecified atom stereocenters. The molecule has 84 valence electrons. The number of hydrogen-bond donors (Lipinski definition) is 1. The third kappa shape index (κ3) is 2.95. The highest BCUT2D eigenvalue weighted by Crippen LogP contribution is 2.21. The molecule has 0 amide bonds. The van der Waals surface area contributed by atoms with E-state index in [0.29, 0.717) is 0 Å². The van der Waals surface area contributed by atoms with Gasteiger partial charge in [-0.1, -0.05) is 11.8 Å². The van der Waals surface area contributed by atoms with Gasteiger partial charge in [-0.25, -0.2) is 9.67 Å². The molecule has 0 saturated carbocycles. The fourth-order valence-corrected chi connectivity index (χ4v) is 2.97. The zero-order chi connectivity index (χ0) is 10.7. The van der Waals surface area contributed by atoms with E-state index in [1.54, 1.807) is 0 Å². The van der Waals surface area contributed by atoms with Crippen LogP contribution in [-0.2, 0) is 7.05 Å². The van der Waals surface area contributed by atoms with E-state index in [2.05, 4.69) is 15.4 Å². The van der Waals surface area contributed by atoms with Crippen LogP contribution in [0.4, 0.5) is 0 Å². The average Bonchev–Trinajstić information content (AvgIpc) is 2.56. The lowest BCUT2D eigenvalue weighted by Gasteiger charge is -2.21. The van der Waals surface area contributed by atoms with Crippen LogP contribution in [0.2, 0.25) is 0 Å². The molecule has 4 nitrogen and oxygen atoms in total. The van der Waals surface area contributed by atoms with E-state index in [1.807, 2.05) is 30.4 Å². The van der Waals surface area contributed by atoms with Crippen LogP contribution in [0.25, 0.3) is 0 Å². The van der Waals surface area contributed by atoms with Crippen molar-refractivity contribution in [2.24, 2.45) is 13.0 Å². The van der Waals surface area contributed by atoms with Crippen molar-refractivity contribution in [2.75, 3.05) is 18.8 Å². The molecule has 1 aliphatic heterocycles. The van der Waals surface area contributed by atoms with E-state index in [1.165, 1.54) is 19.4 Å². The van der Waals surface area contributed by atoms with Gasteiger partial charge in [0.1, 0.15) is 5.82 Å². The first kappa shape index (κ1) is 11.0. The lowest BCUT2D eigenvalue weighted by atomic mass is 10.0. The average molecular weight is 226 g/mol. The fraction of sp³-hybridized carbons (Fsp3) is 0.800. The maximum Gasteiger partial charge on any atom is 0.186 e. The summed E-state index contributed by atoms with van der Waals surface area (Å²) >= 11 is 1.82. The van der Waals surface area contributed by atoms with Gasteiger partial charge in [-0.3, -0.25) is 0 Å². The SMILES string of the molecule is Cc1nc(SCC2CCCNC2)n(C)n1. The van der Waals surface area contributed by atoms with Gasteiger partial charge in [0.2, 0.25) is 0 Å². The van der Waals surface area contributed by atoms with Crippen LogP contribution in [0.5, 0.6) is 0 Å². The molecule has 1 atom stereocenters. The summed E-state index contributed by atoms with van der Waals surface area (Å²) in [4.78, 5) is 4.39. The van der Waals surface area contributed by atoms with Gasteiger partial charge in [0.25, 0.3) is 0 Å². The van der Waals surface area contributed by atoms with Crippen LogP contribution >= 0.6 is 11.8 Å². The number of rotatable bonds is 3. The molecule has 2 rings (SSSR count). The molecular weight excluding hydrogens is 208 g/mol. The number of aromatic nitrogens is 3. The Hall–Kier alpha value is -0.550. The van der Waals surface area contributed by atoms with Crippen molar-refractivity contribution in [3.05, 3.63) is 5.82 Å². The van der Waals surface area contributed by atoms with E-state index < -0.39 is 0 Å². The van der Waals surface area contributed by atoms with Crippen molar-refractivity contribution >= 4 is 11.8 Å². The molecular formula is C10H18N4S. The molecule has 15 heavy (non-hydrogen) atoms. The van der Waals surface area contributed by atoms with Gasteiger partial charge in [-0.2, -0.15) is 5.10 Å². The molecule has 0 aliphatic carbocycles. The lowest BCUT2D eigenvalue weighted by molar-refractivity contribution is 0.410. The molecule has 0 radical (unpaired) electrons. The Morgan fingerprint density at radius 1 is 1.60 bits per heavy atom. The molecule has 1 saturated heterocycles. The predicted octanol–water partition coefficient (Wildman–Crippen LogP) is 1.22. The van der Waals surface area contributed by atoms with Crippen molar-refractivity contribution in [2.45, 2.75) is 24.9 Å². The number of nitrogens with one attached hydrogen (secondary N) is 1. The topological polar surface area (TPSA) is 42.7 Å². The van der Waals surface area contributed by atoms with Gasteiger partial charge in [-0.15, -0.1) is 0 Å². The smallest absolute Gasteiger partial charge is 0.186 e. The standard InChI is InChI=1S/C10H18N4S/c1-8-12-10(14(2)13-8)15-7-9-4-3-5-11-6-9/h9,11H,3-7H2,1-2H3. The highest BCUT2D eigenvalue weighted by atomic mass is 32.2. The van der Waals surface area contributed by atoms with Gasteiger partial charge >= 0.3 is 0 Å². The van der Waals surface area contributed by atoms with Crippen molar-refractivity contribution in [1.29, 1.82) is 0 Å². The highest BCUT2D eigenvalue weighted by molar-refractivity contribution is 7.99. The van der Waals surface area contributed by atoms with Crippen LogP contribution in [-0.4, -0.2) is 33.6 Å². The molecule has 1 aliphatic rings. The van der Waals surface area contributed by atoms with E-state index in [4.69, 9.17) is 0 Å². The van der Waals surface area contributed by atoms with Gasteiger partial charge in [0.15, 0.2) is 5.16 Å². The first-order chi connectivity index (χ1) is 7.25. The summed E-state index contributed by atoms with van der Waals surface area (Å²) in [6.07, 6.45) is 2.65. The largest absolute Gasteiger partial charge is 0.316 e. The lowest BCUT2D eigenvalue weighted by Crippen LogP contribution is -2.30. The molecule has 0 bridgehead atoms. The number of nitrogens with zero attached hydrogens (tertiary/aromatic N) is 3. The minimum Gasteiger partial charge on any atom is -0.316 e. The van der Waals surface area contributed by atoms with E-state index >= 15 is 0 Å². The zero-order valence-electron chi connectivity index (χ0n) is 9.36. The Morgan fingerprint density at radius 2 is 2.47 bits per heavy atom. The molecule has 2 heterocycles. The van der Waals surface area contributed by atoms with Crippen LogP contribution in [0.15, 0.2) is 5.16 Å². The second kappa shape index (κ2) is 4.99. The Kier molecular flexibility index (Phi) is 3.64. The number of piperidine rings is 1. The van der Waals surface area contributed by atoms with E-state index in [9.17, 15) is 0 Å². The first-order valence-electron chi connectivity index (χ1n) is 5.47. The Bertz CT molecular complexity index is 317. The summed E-state index contributed by atoms with van der Waals surface area (Å²) in [7, 11) is 1.96. The molecule has 0 spiro atoms. The normalized spacial score (nSPS) is 21.9. The first-order valence-corrected chi connectivity index (χ1v) is 6.45.